The van der Waals surface area contributed by atoms with Gasteiger partial charge in [0.2, 0.25) is 0 Å². The number of alkyl halides is 1. The predicted octanol–water partition coefficient (Wildman–Crippen LogP) is 0.845. The Hall–Kier alpha value is -1.74. The second-order valence-electron chi connectivity index (χ2n) is 6.25. The molecule has 1 aliphatic rings. The van der Waals surface area contributed by atoms with Crippen molar-refractivity contribution in [1.82, 2.24) is 15.8 Å². The summed E-state index contributed by atoms with van der Waals surface area (Å²) in [6.45, 7) is 4.25. The number of nitrogens with one attached hydrogen (secondary N) is 2. The minimum Gasteiger partial charge on any atom is -0.480 e. The smallest absolute Gasteiger partial charge is 0.322 e. The molecular weight excluding hydrogens is 351 g/mol. The molecule has 0 aliphatic carbocycles. The van der Waals surface area contributed by atoms with Gasteiger partial charge in [-0.05, 0) is 37.6 Å². The highest BCUT2D eigenvalue weighted by Crippen LogP contribution is 2.33. The van der Waals surface area contributed by atoms with Gasteiger partial charge in [0, 0.05) is 24.7 Å². The monoisotopic (exact) mass is 372 g/mol. The van der Waals surface area contributed by atoms with E-state index in [2.05, 4.69) is 10.7 Å². The molecule has 1 fully saturated rings. The third-order valence-corrected chi connectivity index (χ3v) is 4.38. The number of amides is 1. The van der Waals surface area contributed by atoms with Crippen molar-refractivity contribution < 1.29 is 19.1 Å². The number of nitrogens with two attached hydrogens (primary N) is 1. The molecule has 7 nitrogen and oxygen atoms in total. The first-order chi connectivity index (χ1) is 11.7. The Kier molecular flexibility index (Phi) is 6.34. The maximum atomic E-state index is 14.0. The first-order valence-corrected chi connectivity index (χ1v) is 8.37. The molecule has 9 heteroatoms. The van der Waals surface area contributed by atoms with Crippen LogP contribution in [0.2, 0.25) is 0 Å². The molecule has 138 valence electrons. The van der Waals surface area contributed by atoms with E-state index in [9.17, 15) is 14.0 Å². The van der Waals surface area contributed by atoms with Crippen molar-refractivity contribution in [1.29, 1.82) is 0 Å². The topological polar surface area (TPSA) is 108 Å². The molecule has 5 N–H and O–H groups in total. The lowest BCUT2D eigenvalue weighted by molar-refractivity contribution is -0.138. The van der Waals surface area contributed by atoms with E-state index in [-0.39, 0.29) is 29.6 Å². The molecule has 2 unspecified atom stereocenters. The second kappa shape index (κ2) is 8.09. The lowest BCUT2D eigenvalue weighted by Gasteiger charge is -2.29. The van der Waals surface area contributed by atoms with E-state index in [1.807, 2.05) is 18.9 Å². The van der Waals surface area contributed by atoms with Gasteiger partial charge >= 0.3 is 5.97 Å². The van der Waals surface area contributed by atoms with Crippen LogP contribution in [0.25, 0.3) is 0 Å². The molecule has 1 aromatic carbocycles. The van der Waals surface area contributed by atoms with Crippen LogP contribution in [0.4, 0.5) is 4.39 Å². The van der Waals surface area contributed by atoms with Gasteiger partial charge in [-0.3, -0.25) is 15.0 Å². The van der Waals surface area contributed by atoms with E-state index in [0.717, 1.165) is 6.07 Å². The van der Waals surface area contributed by atoms with Gasteiger partial charge in [-0.25, -0.2) is 9.40 Å². The Balaban J connectivity index is 2.22. The first kappa shape index (κ1) is 19.6. The number of hydrogen-bond donors (Lipinski definition) is 4. The van der Waals surface area contributed by atoms with Crippen molar-refractivity contribution >= 4 is 23.5 Å². The van der Waals surface area contributed by atoms with Crippen LogP contribution in [0.5, 0.6) is 0 Å². The van der Waals surface area contributed by atoms with Gasteiger partial charge in [0.15, 0.2) is 0 Å². The van der Waals surface area contributed by atoms with E-state index in [0.29, 0.717) is 12.1 Å². The van der Waals surface area contributed by atoms with Gasteiger partial charge < -0.3 is 16.2 Å². The maximum Gasteiger partial charge on any atom is 0.322 e. The highest BCUT2D eigenvalue weighted by molar-refractivity contribution is 6.21. The van der Waals surface area contributed by atoms with Crippen LogP contribution in [0, 0.1) is 5.82 Å². The summed E-state index contributed by atoms with van der Waals surface area (Å²) in [5, 5.41) is 12.8. The number of nitrogens with zero attached hydrogens (tertiary/aromatic N) is 1. The molecule has 1 aliphatic heterocycles. The standard InChI is InChI=1S/C16H22ClFN4O3/c1-8(2)22-14(12(17)6-21-22)9-3-10(5-11(18)4-9)15(23)20-7-13(19)16(24)25/h3-5,8,12-14,21H,6-7,19H2,1-2H3,(H,20,23)(H,24,25)/t12?,13-,14?/m1/s1. The van der Waals surface area contributed by atoms with E-state index in [1.54, 1.807) is 6.07 Å². The zero-order valence-corrected chi connectivity index (χ0v) is 14.8. The summed E-state index contributed by atoms with van der Waals surface area (Å²) in [6.07, 6.45) is 0. The predicted molar refractivity (Wildman–Crippen MR) is 91.7 cm³/mol. The number of rotatable bonds is 6. The molecule has 0 aromatic heterocycles. The number of carbonyl (C=O) groups is 2. The Bertz CT molecular complexity index is 658. The highest BCUT2D eigenvalue weighted by Gasteiger charge is 2.36. The molecule has 1 amide bonds. The number of benzene rings is 1. The van der Waals surface area contributed by atoms with Gasteiger partial charge in [0.1, 0.15) is 11.9 Å². The molecule has 1 heterocycles. The Morgan fingerprint density at radius 3 is 2.76 bits per heavy atom. The molecule has 1 saturated heterocycles. The normalized spacial score (nSPS) is 22.2. The Labute approximate surface area is 150 Å². The van der Waals surface area contributed by atoms with Crippen LogP contribution in [-0.2, 0) is 4.79 Å². The molecule has 0 radical (unpaired) electrons. The Morgan fingerprint density at radius 2 is 2.16 bits per heavy atom. The van der Waals surface area contributed by atoms with E-state index in [1.165, 1.54) is 6.07 Å². The maximum absolute atomic E-state index is 14.0. The number of hydrogen-bond acceptors (Lipinski definition) is 5. The van der Waals surface area contributed by atoms with Gasteiger partial charge in [0.05, 0.1) is 11.4 Å². The molecule has 0 saturated carbocycles. The summed E-state index contributed by atoms with van der Waals surface area (Å²) in [6, 6.07) is 2.62. The molecule has 25 heavy (non-hydrogen) atoms. The van der Waals surface area contributed by atoms with Gasteiger partial charge in [-0.15, -0.1) is 11.6 Å². The average Bonchev–Trinajstić information content (AvgIpc) is 2.93. The quantitative estimate of drug-likeness (QED) is 0.551. The zero-order valence-electron chi connectivity index (χ0n) is 14.0. The van der Waals surface area contributed by atoms with Gasteiger partial charge in [-0.2, -0.15) is 0 Å². The minimum absolute atomic E-state index is 0.0899. The fourth-order valence-corrected chi connectivity index (χ4v) is 3.09. The number of carbonyl (C=O) groups excluding carboxylic acids is 1. The summed E-state index contributed by atoms with van der Waals surface area (Å²) < 4.78 is 14.0. The van der Waals surface area contributed by atoms with Crippen molar-refractivity contribution in [2.45, 2.75) is 37.4 Å². The fraction of sp³-hybridized carbons (Fsp3) is 0.500. The van der Waals surface area contributed by atoms with Crippen molar-refractivity contribution in [2.24, 2.45) is 5.73 Å². The first-order valence-electron chi connectivity index (χ1n) is 7.93. The highest BCUT2D eigenvalue weighted by atomic mass is 35.5. The molecule has 1 aromatic rings. The molecule has 0 spiro atoms. The number of aliphatic carboxylic acids is 1. The third kappa shape index (κ3) is 4.66. The summed E-state index contributed by atoms with van der Waals surface area (Å²) in [7, 11) is 0. The Morgan fingerprint density at radius 1 is 1.48 bits per heavy atom. The van der Waals surface area contributed by atoms with Crippen molar-refractivity contribution in [3.05, 3.63) is 35.1 Å². The minimum atomic E-state index is -1.23. The van der Waals surface area contributed by atoms with Gasteiger partial charge in [0.25, 0.3) is 5.91 Å². The lowest BCUT2D eigenvalue weighted by Crippen LogP contribution is -2.42. The SMILES string of the molecule is CC(C)N1NCC(Cl)C1c1cc(F)cc(C(=O)NC[C@@H](N)C(=O)O)c1. The van der Waals surface area contributed by atoms with Crippen LogP contribution >= 0.6 is 11.6 Å². The number of halogens is 2. The van der Waals surface area contributed by atoms with Crippen LogP contribution in [0.15, 0.2) is 18.2 Å². The summed E-state index contributed by atoms with van der Waals surface area (Å²) in [4.78, 5) is 22.9. The van der Waals surface area contributed by atoms with Crippen molar-refractivity contribution in [3.8, 4) is 0 Å². The van der Waals surface area contributed by atoms with Crippen molar-refractivity contribution in [3.63, 3.8) is 0 Å². The van der Waals surface area contributed by atoms with Crippen LogP contribution in [-0.4, -0.2) is 52.5 Å². The molecule has 0 bridgehead atoms. The second-order valence-corrected chi connectivity index (χ2v) is 6.81. The van der Waals surface area contributed by atoms with Crippen LogP contribution in [0.3, 0.4) is 0 Å². The summed E-state index contributed by atoms with van der Waals surface area (Å²) in [5.74, 6) is -2.38. The van der Waals surface area contributed by atoms with Gasteiger partial charge in [-0.1, -0.05) is 0 Å². The average molecular weight is 373 g/mol. The fourth-order valence-electron chi connectivity index (χ4n) is 2.76. The van der Waals surface area contributed by atoms with E-state index < -0.39 is 23.7 Å². The van der Waals surface area contributed by atoms with E-state index in [4.69, 9.17) is 22.4 Å². The number of hydrazine groups is 1. The largest absolute Gasteiger partial charge is 0.480 e. The van der Waals surface area contributed by atoms with Crippen LogP contribution in [0.1, 0.15) is 35.8 Å². The number of carboxylic acid groups (broad SMARTS) is 1. The summed E-state index contributed by atoms with van der Waals surface area (Å²) in [5.41, 5.74) is 9.19. The lowest BCUT2D eigenvalue weighted by atomic mass is 10.00. The molecule has 2 rings (SSSR count). The van der Waals surface area contributed by atoms with Crippen LogP contribution < -0.4 is 16.5 Å². The molecular formula is C16H22ClFN4O3. The molecule has 3 atom stereocenters. The van der Waals surface area contributed by atoms with Crippen molar-refractivity contribution in [2.75, 3.05) is 13.1 Å². The third-order valence-electron chi connectivity index (χ3n) is 3.99. The van der Waals surface area contributed by atoms with E-state index >= 15 is 0 Å². The number of carboxylic acids is 1. The zero-order chi connectivity index (χ0) is 18.7. The summed E-state index contributed by atoms with van der Waals surface area (Å²) >= 11 is 6.36.